The minimum Gasteiger partial charge on any atom is -0.347 e. The molecule has 1 aliphatic rings. The second kappa shape index (κ2) is 9.19. The molecular weight excluding hydrogens is 399 g/mol. The number of halogens is 1. The number of quaternary nitrogens is 1. The van der Waals surface area contributed by atoms with Crippen LogP contribution in [-0.4, -0.2) is 81.3 Å². The molecule has 2 N–H and O–H groups in total. The molecule has 1 unspecified atom stereocenters. The lowest BCUT2D eigenvalue weighted by atomic mass is 10.1. The topological polar surface area (TPSA) is 91.2 Å². The first-order valence-corrected chi connectivity index (χ1v) is 11.0. The van der Waals surface area contributed by atoms with Crippen molar-refractivity contribution in [2.24, 2.45) is 0 Å². The third-order valence-electron chi connectivity index (χ3n) is 4.45. The highest BCUT2D eigenvalue weighted by atomic mass is 32.2. The molecule has 162 valence electrons. The Labute approximate surface area is 171 Å². The zero-order valence-electron chi connectivity index (χ0n) is 17.4. The van der Waals surface area contributed by atoms with Crippen molar-refractivity contribution >= 4 is 21.8 Å². The van der Waals surface area contributed by atoms with Crippen LogP contribution in [0.4, 0.5) is 4.39 Å². The predicted octanol–water partition coefficient (Wildman–Crippen LogP) is -0.912. The first-order chi connectivity index (χ1) is 13.4. The van der Waals surface area contributed by atoms with Crippen molar-refractivity contribution < 1.29 is 27.3 Å². The van der Waals surface area contributed by atoms with Crippen molar-refractivity contribution in [3.05, 3.63) is 30.1 Å². The molecule has 1 aromatic rings. The largest absolute Gasteiger partial charge is 0.347 e. The lowest BCUT2D eigenvalue weighted by molar-refractivity contribution is -0.863. The van der Waals surface area contributed by atoms with E-state index in [1.165, 1.54) is 22.5 Å². The van der Waals surface area contributed by atoms with Gasteiger partial charge in [0.25, 0.3) is 11.8 Å². The fourth-order valence-corrected chi connectivity index (χ4v) is 4.58. The summed E-state index contributed by atoms with van der Waals surface area (Å²) in [5.41, 5.74) is -0.329. The standard InChI is InChI=1S/C19H29FN4O4S/c1-19(2,3)21-17(25)13-22(4)14-18(26)23-8-10-24(11-9-23)29(27,28)16-7-5-6-15(20)12-16/h5-7,12H,8-11,13-14H2,1-4H3,(H,21,25)/p+1. The van der Waals surface area contributed by atoms with Crippen molar-refractivity contribution in [1.82, 2.24) is 14.5 Å². The van der Waals surface area contributed by atoms with Gasteiger partial charge in [-0.05, 0) is 39.0 Å². The number of rotatable bonds is 6. The van der Waals surface area contributed by atoms with Crippen LogP contribution in [0.5, 0.6) is 0 Å². The number of carbonyl (C=O) groups is 2. The molecule has 1 aliphatic heterocycles. The fraction of sp³-hybridized carbons (Fsp3) is 0.579. The number of carbonyl (C=O) groups excluding carboxylic acids is 2. The third kappa shape index (κ3) is 6.76. The Bertz CT molecular complexity index is 846. The number of hydrogen-bond acceptors (Lipinski definition) is 4. The van der Waals surface area contributed by atoms with Gasteiger partial charge in [-0.1, -0.05) is 6.07 Å². The summed E-state index contributed by atoms with van der Waals surface area (Å²) in [6.07, 6.45) is 0. The third-order valence-corrected chi connectivity index (χ3v) is 6.35. The number of nitrogens with one attached hydrogen (secondary N) is 2. The Morgan fingerprint density at radius 3 is 2.31 bits per heavy atom. The number of sulfonamides is 1. The number of amides is 2. The van der Waals surface area contributed by atoms with Gasteiger partial charge in [-0.2, -0.15) is 4.31 Å². The summed E-state index contributed by atoms with van der Waals surface area (Å²) in [6.45, 7) is 6.81. The van der Waals surface area contributed by atoms with Crippen LogP contribution in [0, 0.1) is 5.82 Å². The average molecular weight is 430 g/mol. The molecule has 1 saturated heterocycles. The van der Waals surface area contributed by atoms with Gasteiger partial charge in [0.2, 0.25) is 10.0 Å². The van der Waals surface area contributed by atoms with Gasteiger partial charge in [-0.15, -0.1) is 0 Å². The highest BCUT2D eigenvalue weighted by molar-refractivity contribution is 7.89. The van der Waals surface area contributed by atoms with Crippen molar-refractivity contribution in [2.75, 3.05) is 46.3 Å². The van der Waals surface area contributed by atoms with Crippen molar-refractivity contribution in [1.29, 1.82) is 0 Å². The first kappa shape index (κ1) is 23.2. The summed E-state index contributed by atoms with van der Waals surface area (Å²) in [6, 6.07) is 4.90. The van der Waals surface area contributed by atoms with E-state index in [0.717, 1.165) is 11.0 Å². The van der Waals surface area contributed by atoms with E-state index in [-0.39, 0.29) is 61.5 Å². The summed E-state index contributed by atoms with van der Waals surface area (Å²) in [5, 5.41) is 2.86. The zero-order chi connectivity index (χ0) is 21.8. The van der Waals surface area contributed by atoms with E-state index < -0.39 is 15.8 Å². The second-order valence-electron chi connectivity index (χ2n) is 8.35. The van der Waals surface area contributed by atoms with E-state index in [4.69, 9.17) is 0 Å². The van der Waals surface area contributed by atoms with E-state index in [9.17, 15) is 22.4 Å². The van der Waals surface area contributed by atoms with Crippen LogP contribution < -0.4 is 10.2 Å². The molecule has 1 heterocycles. The highest BCUT2D eigenvalue weighted by Gasteiger charge is 2.31. The van der Waals surface area contributed by atoms with Crippen LogP contribution in [0.1, 0.15) is 20.8 Å². The Morgan fingerprint density at radius 2 is 1.76 bits per heavy atom. The molecular formula is C19H30FN4O4S+. The molecule has 0 bridgehead atoms. The summed E-state index contributed by atoms with van der Waals surface area (Å²) >= 11 is 0. The molecule has 2 rings (SSSR count). The molecule has 0 radical (unpaired) electrons. The van der Waals surface area contributed by atoms with Gasteiger partial charge in [0.1, 0.15) is 5.82 Å². The summed E-state index contributed by atoms with van der Waals surface area (Å²) < 4.78 is 39.9. The summed E-state index contributed by atoms with van der Waals surface area (Å²) in [5.74, 6) is -0.871. The molecule has 10 heteroatoms. The lowest BCUT2D eigenvalue weighted by Crippen LogP contribution is -3.11. The lowest BCUT2D eigenvalue weighted by Gasteiger charge is -2.34. The number of piperazine rings is 1. The summed E-state index contributed by atoms with van der Waals surface area (Å²) in [7, 11) is -2.02. The molecule has 0 saturated carbocycles. The first-order valence-electron chi connectivity index (χ1n) is 9.54. The molecule has 0 aliphatic carbocycles. The van der Waals surface area contributed by atoms with E-state index in [0.29, 0.717) is 0 Å². The van der Waals surface area contributed by atoms with Crippen LogP contribution in [0.3, 0.4) is 0 Å². The van der Waals surface area contributed by atoms with Gasteiger partial charge in [-0.25, -0.2) is 12.8 Å². The maximum atomic E-state index is 13.4. The van der Waals surface area contributed by atoms with Crippen LogP contribution in [0.2, 0.25) is 0 Å². The van der Waals surface area contributed by atoms with Gasteiger partial charge in [-0.3, -0.25) is 9.59 Å². The molecule has 1 aromatic carbocycles. The Morgan fingerprint density at radius 1 is 1.14 bits per heavy atom. The Kier molecular flexibility index (Phi) is 7.36. The maximum Gasteiger partial charge on any atom is 0.277 e. The van der Waals surface area contributed by atoms with E-state index >= 15 is 0 Å². The highest BCUT2D eigenvalue weighted by Crippen LogP contribution is 2.18. The van der Waals surface area contributed by atoms with Gasteiger partial charge in [0.15, 0.2) is 13.1 Å². The smallest absolute Gasteiger partial charge is 0.277 e. The van der Waals surface area contributed by atoms with Crippen molar-refractivity contribution in [3.8, 4) is 0 Å². The van der Waals surface area contributed by atoms with Crippen LogP contribution >= 0.6 is 0 Å². The number of hydrogen-bond donors (Lipinski definition) is 2. The van der Waals surface area contributed by atoms with E-state index in [1.807, 2.05) is 20.8 Å². The second-order valence-corrected chi connectivity index (χ2v) is 10.3. The molecule has 1 fully saturated rings. The quantitative estimate of drug-likeness (QED) is 0.613. The molecule has 2 amide bonds. The van der Waals surface area contributed by atoms with Gasteiger partial charge < -0.3 is 15.1 Å². The van der Waals surface area contributed by atoms with Crippen LogP contribution in [-0.2, 0) is 19.6 Å². The molecule has 1 atom stereocenters. The van der Waals surface area contributed by atoms with Crippen molar-refractivity contribution in [2.45, 2.75) is 31.2 Å². The van der Waals surface area contributed by atoms with Crippen molar-refractivity contribution in [3.63, 3.8) is 0 Å². The predicted molar refractivity (Wildman–Crippen MR) is 106 cm³/mol. The molecule has 8 nitrogen and oxygen atoms in total. The zero-order valence-corrected chi connectivity index (χ0v) is 18.2. The summed E-state index contributed by atoms with van der Waals surface area (Å²) in [4.78, 5) is 26.7. The van der Waals surface area contributed by atoms with E-state index in [1.54, 1.807) is 11.9 Å². The monoisotopic (exact) mass is 429 g/mol. The number of nitrogens with zero attached hydrogens (tertiary/aromatic N) is 2. The Hall–Kier alpha value is -2.04. The minimum absolute atomic E-state index is 0.0914. The van der Waals surface area contributed by atoms with Gasteiger partial charge in [0.05, 0.1) is 11.9 Å². The fourth-order valence-electron chi connectivity index (χ4n) is 3.12. The van der Waals surface area contributed by atoms with Crippen LogP contribution in [0.25, 0.3) is 0 Å². The minimum atomic E-state index is -3.79. The Balaban J connectivity index is 1.87. The van der Waals surface area contributed by atoms with Crippen LogP contribution in [0.15, 0.2) is 29.2 Å². The molecule has 0 spiro atoms. The number of benzene rings is 1. The van der Waals surface area contributed by atoms with Gasteiger partial charge in [0, 0.05) is 31.7 Å². The van der Waals surface area contributed by atoms with E-state index in [2.05, 4.69) is 5.32 Å². The average Bonchev–Trinajstić information content (AvgIpc) is 2.60. The SMILES string of the molecule is C[NH+](CC(=O)NC(C)(C)C)CC(=O)N1CCN(S(=O)(=O)c2cccc(F)c2)CC1. The van der Waals surface area contributed by atoms with Gasteiger partial charge >= 0.3 is 0 Å². The maximum absolute atomic E-state index is 13.4. The normalized spacial score (nSPS) is 17.1. The molecule has 0 aromatic heterocycles. The molecule has 29 heavy (non-hydrogen) atoms. The number of likely N-dealkylation sites (N-methyl/N-ethyl adjacent to an activating group) is 1.